The first-order valence-corrected chi connectivity index (χ1v) is 9.78. The van der Waals surface area contributed by atoms with Crippen LogP contribution in [0.2, 0.25) is 0 Å². The number of nitrogens with zero attached hydrogens (tertiary/aromatic N) is 3. The van der Waals surface area contributed by atoms with Crippen molar-refractivity contribution >= 4 is 22.8 Å². The fourth-order valence-corrected chi connectivity index (χ4v) is 3.71. The van der Waals surface area contributed by atoms with Crippen molar-refractivity contribution in [2.75, 3.05) is 0 Å². The van der Waals surface area contributed by atoms with Crippen molar-refractivity contribution < 1.29 is 9.59 Å². The molecule has 0 saturated heterocycles. The molecule has 150 valence electrons. The second-order valence-corrected chi connectivity index (χ2v) is 7.55. The molecule has 0 bridgehead atoms. The molecule has 1 aliphatic rings. The summed E-state index contributed by atoms with van der Waals surface area (Å²) in [6, 6.07) is 14.9. The van der Waals surface area contributed by atoms with Crippen molar-refractivity contribution in [2.45, 2.75) is 38.4 Å². The van der Waals surface area contributed by atoms with E-state index in [1.165, 1.54) is 0 Å². The Balaban J connectivity index is 1.48. The Morgan fingerprint density at radius 3 is 2.34 bits per heavy atom. The highest BCUT2D eigenvalue weighted by Crippen LogP contribution is 2.29. The third-order valence-electron chi connectivity index (χ3n) is 5.50. The Morgan fingerprint density at radius 2 is 1.72 bits per heavy atom. The number of rotatable bonds is 7. The highest BCUT2D eigenvalue weighted by molar-refractivity contribution is 5.92. The van der Waals surface area contributed by atoms with Crippen molar-refractivity contribution in [1.82, 2.24) is 14.0 Å². The van der Waals surface area contributed by atoms with Gasteiger partial charge in [0.2, 0.25) is 11.8 Å². The number of aromatic nitrogens is 2. The summed E-state index contributed by atoms with van der Waals surface area (Å²) in [6.45, 7) is 0.843. The molecule has 1 fully saturated rings. The minimum atomic E-state index is -0.466. The molecule has 1 aromatic heterocycles. The molecular weight excluding hydrogens is 368 g/mol. The number of hydrogen-bond donors (Lipinski definition) is 1. The summed E-state index contributed by atoms with van der Waals surface area (Å²) in [4.78, 5) is 38.6. The van der Waals surface area contributed by atoms with E-state index in [9.17, 15) is 14.4 Å². The summed E-state index contributed by atoms with van der Waals surface area (Å²) in [6.07, 6.45) is 2.27. The molecule has 2 aromatic carbocycles. The van der Waals surface area contributed by atoms with Gasteiger partial charge in [-0.05, 0) is 42.7 Å². The topological polar surface area (TPSA) is 90.3 Å². The Kier molecular flexibility index (Phi) is 4.96. The first kappa shape index (κ1) is 19.0. The van der Waals surface area contributed by atoms with Gasteiger partial charge in [-0.25, -0.2) is 4.79 Å². The lowest BCUT2D eigenvalue weighted by Crippen LogP contribution is -2.34. The van der Waals surface area contributed by atoms with Crippen molar-refractivity contribution in [3.8, 4) is 0 Å². The molecule has 1 saturated carbocycles. The van der Waals surface area contributed by atoms with Crippen molar-refractivity contribution in [2.24, 2.45) is 12.8 Å². The van der Waals surface area contributed by atoms with Crippen LogP contribution < -0.4 is 11.4 Å². The van der Waals surface area contributed by atoms with E-state index in [0.29, 0.717) is 18.7 Å². The van der Waals surface area contributed by atoms with Crippen LogP contribution in [0.5, 0.6) is 0 Å². The molecule has 1 aliphatic carbocycles. The molecule has 0 aliphatic heterocycles. The average Bonchev–Trinajstić information content (AvgIpc) is 3.53. The molecule has 4 rings (SSSR count). The molecule has 2 N–H and O–H groups in total. The number of amides is 2. The molecule has 7 nitrogen and oxygen atoms in total. The van der Waals surface area contributed by atoms with Gasteiger partial charge in [0.1, 0.15) is 0 Å². The number of carbonyl (C=O) groups is 2. The lowest BCUT2D eigenvalue weighted by molar-refractivity contribution is -0.132. The van der Waals surface area contributed by atoms with Crippen molar-refractivity contribution in [3.63, 3.8) is 0 Å². The van der Waals surface area contributed by atoms with Crippen LogP contribution in [0, 0.1) is 0 Å². The lowest BCUT2D eigenvalue weighted by Gasteiger charge is -2.23. The van der Waals surface area contributed by atoms with Crippen LogP contribution in [0.25, 0.3) is 11.0 Å². The highest BCUT2D eigenvalue weighted by Gasteiger charge is 2.32. The average molecular weight is 392 g/mol. The molecule has 1 heterocycles. The summed E-state index contributed by atoms with van der Waals surface area (Å²) in [7, 11) is 1.75. The largest absolute Gasteiger partial charge is 0.366 e. The van der Waals surface area contributed by atoms with E-state index in [0.717, 1.165) is 29.4 Å². The van der Waals surface area contributed by atoms with Crippen LogP contribution in [0.15, 0.2) is 53.3 Å². The molecule has 29 heavy (non-hydrogen) atoms. The normalized spacial score (nSPS) is 13.6. The SMILES string of the molecule is Cn1c(=O)n(CCC(=O)N(Cc2ccc(C(N)=O)cc2)C2CC2)c2ccccc21. The van der Waals surface area contributed by atoms with Gasteiger partial charge in [-0.2, -0.15) is 0 Å². The van der Waals surface area contributed by atoms with Gasteiger partial charge in [0, 0.05) is 38.2 Å². The Labute approximate surface area is 168 Å². The smallest absolute Gasteiger partial charge is 0.328 e. The van der Waals surface area contributed by atoms with Gasteiger partial charge in [0.15, 0.2) is 0 Å². The Bertz CT molecular complexity index is 1120. The summed E-state index contributed by atoms with van der Waals surface area (Å²) >= 11 is 0. The maximum absolute atomic E-state index is 13.0. The van der Waals surface area contributed by atoms with E-state index in [1.54, 1.807) is 28.3 Å². The number of para-hydroxylation sites is 2. The molecule has 2 amide bonds. The number of fused-ring (bicyclic) bond motifs is 1. The van der Waals surface area contributed by atoms with Crippen LogP contribution >= 0.6 is 0 Å². The monoisotopic (exact) mass is 392 g/mol. The van der Waals surface area contributed by atoms with E-state index in [2.05, 4.69) is 0 Å². The lowest BCUT2D eigenvalue weighted by atomic mass is 10.1. The standard InChI is InChI=1S/C22H24N4O3/c1-24-18-4-2-3-5-19(18)25(22(24)29)13-12-20(27)26(17-10-11-17)14-15-6-8-16(9-7-15)21(23)28/h2-9,17H,10-14H2,1H3,(H2,23,28). The van der Waals surface area contributed by atoms with Crippen LogP contribution in [0.1, 0.15) is 35.2 Å². The van der Waals surface area contributed by atoms with Crippen LogP contribution in [-0.2, 0) is 24.9 Å². The zero-order chi connectivity index (χ0) is 20.5. The molecule has 3 aromatic rings. The third kappa shape index (κ3) is 3.81. The number of aryl methyl sites for hydroxylation is 2. The number of carbonyl (C=O) groups excluding carboxylic acids is 2. The second-order valence-electron chi connectivity index (χ2n) is 7.55. The fourth-order valence-electron chi connectivity index (χ4n) is 3.71. The quantitative estimate of drug-likeness (QED) is 0.667. The second kappa shape index (κ2) is 7.58. The van der Waals surface area contributed by atoms with Crippen molar-refractivity contribution in [1.29, 1.82) is 0 Å². The van der Waals surface area contributed by atoms with Crippen LogP contribution in [0.3, 0.4) is 0 Å². The number of primary amides is 1. The minimum Gasteiger partial charge on any atom is -0.366 e. The van der Waals surface area contributed by atoms with E-state index in [4.69, 9.17) is 5.73 Å². The summed E-state index contributed by atoms with van der Waals surface area (Å²) in [5.74, 6) is -0.432. The third-order valence-corrected chi connectivity index (χ3v) is 5.50. The van der Waals surface area contributed by atoms with Gasteiger partial charge >= 0.3 is 5.69 Å². The van der Waals surface area contributed by atoms with Crippen LogP contribution in [-0.4, -0.2) is 31.9 Å². The maximum atomic E-state index is 13.0. The first-order chi connectivity index (χ1) is 14.0. The predicted molar refractivity (Wildman–Crippen MR) is 110 cm³/mol. The van der Waals surface area contributed by atoms with E-state index in [1.807, 2.05) is 41.3 Å². The molecule has 0 atom stereocenters. The van der Waals surface area contributed by atoms with E-state index >= 15 is 0 Å². The maximum Gasteiger partial charge on any atom is 0.328 e. The van der Waals surface area contributed by atoms with Gasteiger partial charge in [0.05, 0.1) is 11.0 Å². The molecule has 7 heteroatoms. The molecule has 0 radical (unpaired) electrons. The van der Waals surface area contributed by atoms with Crippen molar-refractivity contribution in [3.05, 3.63) is 70.1 Å². The predicted octanol–water partition coefficient (Wildman–Crippen LogP) is 2.02. The molecule has 0 spiro atoms. The zero-order valence-electron chi connectivity index (χ0n) is 16.4. The summed E-state index contributed by atoms with van der Waals surface area (Å²) < 4.78 is 3.28. The highest BCUT2D eigenvalue weighted by atomic mass is 16.2. The summed E-state index contributed by atoms with van der Waals surface area (Å²) in [5.41, 5.74) is 8.28. The Hall–Kier alpha value is -3.35. The number of benzene rings is 2. The number of nitrogens with two attached hydrogens (primary N) is 1. The minimum absolute atomic E-state index is 0.0336. The van der Waals surface area contributed by atoms with Gasteiger partial charge in [-0.3, -0.25) is 18.7 Å². The van der Waals surface area contributed by atoms with E-state index in [-0.39, 0.29) is 24.1 Å². The zero-order valence-corrected chi connectivity index (χ0v) is 16.4. The molecular formula is C22H24N4O3. The molecule has 0 unspecified atom stereocenters. The van der Waals surface area contributed by atoms with Gasteiger partial charge < -0.3 is 10.6 Å². The van der Waals surface area contributed by atoms with Gasteiger partial charge in [-0.15, -0.1) is 0 Å². The summed E-state index contributed by atoms with van der Waals surface area (Å²) in [5, 5.41) is 0. The number of hydrogen-bond acceptors (Lipinski definition) is 3. The Morgan fingerprint density at radius 1 is 1.07 bits per heavy atom. The number of imidazole rings is 1. The van der Waals surface area contributed by atoms with Gasteiger partial charge in [0.25, 0.3) is 0 Å². The fraction of sp³-hybridized carbons (Fsp3) is 0.318. The van der Waals surface area contributed by atoms with E-state index < -0.39 is 5.91 Å². The van der Waals surface area contributed by atoms with Gasteiger partial charge in [-0.1, -0.05) is 24.3 Å². The first-order valence-electron chi connectivity index (χ1n) is 9.78. The van der Waals surface area contributed by atoms with Crippen LogP contribution in [0.4, 0.5) is 0 Å².